The smallest absolute Gasteiger partial charge is 0.187 e. The van der Waals surface area contributed by atoms with Crippen LogP contribution in [0.3, 0.4) is 0 Å². The van der Waals surface area contributed by atoms with Gasteiger partial charge in [-0.2, -0.15) is 0 Å². The highest BCUT2D eigenvalue weighted by Gasteiger charge is 2.51. The van der Waals surface area contributed by atoms with Crippen LogP contribution in [0.15, 0.2) is 30.3 Å². The first-order valence-electron chi connectivity index (χ1n) is 6.00. The molecule has 2 heterocycles. The standard InChI is InChI=1S/C13H15FO4/c14-10-11(15)13-17-7-9(18-13)12(10)16-6-8-4-2-1-3-5-8/h1-5,9-13,15H,6-7H2/t9-,10-,11-,12-,13-/m1/s1. The molecule has 2 saturated heterocycles. The van der Waals surface area contributed by atoms with Crippen LogP contribution in [0.1, 0.15) is 5.56 Å². The Balaban J connectivity index is 1.65. The van der Waals surface area contributed by atoms with Crippen molar-refractivity contribution in [2.45, 2.75) is 37.4 Å². The quantitative estimate of drug-likeness (QED) is 0.875. The lowest BCUT2D eigenvalue weighted by Gasteiger charge is -2.34. The molecule has 2 aliphatic rings. The molecule has 0 radical (unpaired) electrons. The van der Waals surface area contributed by atoms with E-state index >= 15 is 0 Å². The van der Waals surface area contributed by atoms with Crippen molar-refractivity contribution < 1.29 is 23.7 Å². The second-order valence-corrected chi connectivity index (χ2v) is 4.57. The third-order valence-corrected chi connectivity index (χ3v) is 3.30. The van der Waals surface area contributed by atoms with E-state index in [2.05, 4.69) is 0 Å². The summed E-state index contributed by atoms with van der Waals surface area (Å²) in [7, 11) is 0. The second-order valence-electron chi connectivity index (χ2n) is 4.57. The lowest BCUT2D eigenvalue weighted by Crippen LogP contribution is -2.52. The average Bonchev–Trinajstić information content (AvgIpc) is 2.84. The first-order chi connectivity index (χ1) is 8.75. The summed E-state index contributed by atoms with van der Waals surface area (Å²) in [4.78, 5) is 0. The Kier molecular flexibility index (Phi) is 3.30. The van der Waals surface area contributed by atoms with Gasteiger partial charge in [0, 0.05) is 0 Å². The fourth-order valence-corrected chi connectivity index (χ4v) is 2.31. The molecule has 18 heavy (non-hydrogen) atoms. The largest absolute Gasteiger partial charge is 0.385 e. The van der Waals surface area contributed by atoms with Crippen molar-refractivity contribution in [2.24, 2.45) is 0 Å². The van der Waals surface area contributed by atoms with Gasteiger partial charge in [0.2, 0.25) is 0 Å². The Hall–Kier alpha value is -1.01. The Morgan fingerprint density at radius 3 is 2.89 bits per heavy atom. The molecule has 0 aromatic heterocycles. The van der Waals surface area contributed by atoms with Crippen molar-refractivity contribution >= 4 is 0 Å². The van der Waals surface area contributed by atoms with Gasteiger partial charge in [-0.3, -0.25) is 0 Å². The number of hydrogen-bond acceptors (Lipinski definition) is 4. The van der Waals surface area contributed by atoms with E-state index in [4.69, 9.17) is 14.2 Å². The molecule has 2 fully saturated rings. The molecule has 0 aliphatic carbocycles. The van der Waals surface area contributed by atoms with Crippen LogP contribution in [0.4, 0.5) is 4.39 Å². The fourth-order valence-electron chi connectivity index (χ4n) is 2.31. The zero-order valence-corrected chi connectivity index (χ0v) is 9.74. The van der Waals surface area contributed by atoms with Crippen molar-refractivity contribution in [1.29, 1.82) is 0 Å². The average molecular weight is 254 g/mol. The predicted molar refractivity (Wildman–Crippen MR) is 60.5 cm³/mol. The summed E-state index contributed by atoms with van der Waals surface area (Å²) in [5.41, 5.74) is 0.959. The van der Waals surface area contributed by atoms with Crippen molar-refractivity contribution in [2.75, 3.05) is 6.61 Å². The lowest BCUT2D eigenvalue weighted by molar-refractivity contribution is -0.224. The van der Waals surface area contributed by atoms with Gasteiger partial charge in [0.15, 0.2) is 12.5 Å². The maximum atomic E-state index is 14.0. The van der Waals surface area contributed by atoms with E-state index in [0.29, 0.717) is 6.61 Å². The van der Waals surface area contributed by atoms with Gasteiger partial charge in [-0.1, -0.05) is 30.3 Å². The van der Waals surface area contributed by atoms with Crippen molar-refractivity contribution in [3.8, 4) is 0 Å². The minimum atomic E-state index is -1.47. The van der Waals surface area contributed by atoms with Gasteiger partial charge in [0.25, 0.3) is 0 Å². The summed E-state index contributed by atoms with van der Waals surface area (Å²) in [6.07, 6.45) is -4.80. The molecule has 98 valence electrons. The fraction of sp³-hybridized carbons (Fsp3) is 0.538. The van der Waals surface area contributed by atoms with Crippen LogP contribution >= 0.6 is 0 Å². The van der Waals surface area contributed by atoms with Crippen LogP contribution in [0.5, 0.6) is 0 Å². The second kappa shape index (κ2) is 4.93. The number of aliphatic hydroxyl groups is 1. The molecule has 2 bridgehead atoms. The maximum Gasteiger partial charge on any atom is 0.187 e. The van der Waals surface area contributed by atoms with Gasteiger partial charge >= 0.3 is 0 Å². The van der Waals surface area contributed by atoms with Crippen LogP contribution < -0.4 is 0 Å². The van der Waals surface area contributed by atoms with Gasteiger partial charge in [0.05, 0.1) is 13.2 Å². The van der Waals surface area contributed by atoms with Crippen LogP contribution in [-0.4, -0.2) is 42.5 Å². The SMILES string of the molecule is O[C@H]1[C@@H]2OC[C@@H](O2)[C@@H](OCc2ccccc2)[C@@H]1F. The monoisotopic (exact) mass is 254 g/mol. The molecule has 0 amide bonds. The van der Waals surface area contributed by atoms with Gasteiger partial charge < -0.3 is 19.3 Å². The van der Waals surface area contributed by atoms with Crippen LogP contribution in [0.2, 0.25) is 0 Å². The van der Waals surface area contributed by atoms with Crippen LogP contribution in [-0.2, 0) is 20.8 Å². The number of fused-ring (bicyclic) bond motifs is 2. The summed E-state index contributed by atoms with van der Waals surface area (Å²) in [6.45, 7) is 0.560. The van der Waals surface area contributed by atoms with E-state index in [1.165, 1.54) is 0 Å². The van der Waals surface area contributed by atoms with E-state index in [1.807, 2.05) is 30.3 Å². The lowest BCUT2D eigenvalue weighted by atomic mass is 10.0. The first kappa shape index (κ1) is 12.0. The molecule has 0 spiro atoms. The number of rotatable bonds is 3. The molecular formula is C13H15FO4. The number of ether oxygens (including phenoxy) is 3. The Labute approximate surface area is 104 Å². The summed E-state index contributed by atoms with van der Waals surface area (Å²) in [5.74, 6) is 0. The molecule has 2 aliphatic heterocycles. The van der Waals surface area contributed by atoms with E-state index in [1.54, 1.807) is 0 Å². The molecule has 1 aromatic carbocycles. The molecular weight excluding hydrogens is 239 g/mol. The van der Waals surface area contributed by atoms with E-state index in [9.17, 15) is 9.50 Å². The highest BCUT2D eigenvalue weighted by atomic mass is 19.1. The summed E-state index contributed by atoms with van der Waals surface area (Å²) in [5, 5.41) is 9.63. The van der Waals surface area contributed by atoms with E-state index in [-0.39, 0.29) is 6.61 Å². The van der Waals surface area contributed by atoms with E-state index in [0.717, 1.165) is 5.56 Å². The van der Waals surface area contributed by atoms with Crippen LogP contribution in [0, 0.1) is 0 Å². The van der Waals surface area contributed by atoms with Gasteiger partial charge in [-0.25, -0.2) is 4.39 Å². The van der Waals surface area contributed by atoms with Crippen molar-refractivity contribution in [3.63, 3.8) is 0 Å². The Morgan fingerprint density at radius 2 is 2.11 bits per heavy atom. The molecule has 3 rings (SSSR count). The molecule has 0 saturated carbocycles. The first-order valence-corrected chi connectivity index (χ1v) is 6.00. The van der Waals surface area contributed by atoms with Gasteiger partial charge in [-0.15, -0.1) is 0 Å². The maximum absolute atomic E-state index is 14.0. The zero-order chi connectivity index (χ0) is 12.5. The summed E-state index contributed by atoms with van der Waals surface area (Å²) >= 11 is 0. The number of alkyl halides is 1. The normalized spacial score (nSPS) is 38.9. The third-order valence-electron chi connectivity index (χ3n) is 3.30. The van der Waals surface area contributed by atoms with Gasteiger partial charge in [0.1, 0.15) is 18.3 Å². The highest BCUT2D eigenvalue weighted by Crippen LogP contribution is 2.32. The Morgan fingerprint density at radius 1 is 1.33 bits per heavy atom. The van der Waals surface area contributed by atoms with E-state index < -0.39 is 30.8 Å². The molecule has 5 atom stereocenters. The summed E-state index contributed by atoms with van der Waals surface area (Å²) < 4.78 is 30.0. The highest BCUT2D eigenvalue weighted by molar-refractivity contribution is 5.13. The molecule has 1 aromatic rings. The van der Waals surface area contributed by atoms with Crippen LogP contribution in [0.25, 0.3) is 0 Å². The van der Waals surface area contributed by atoms with Gasteiger partial charge in [-0.05, 0) is 5.56 Å². The molecule has 4 nitrogen and oxygen atoms in total. The number of benzene rings is 1. The number of halogens is 1. The zero-order valence-electron chi connectivity index (χ0n) is 9.74. The van der Waals surface area contributed by atoms with Crippen molar-refractivity contribution in [1.82, 2.24) is 0 Å². The number of aliphatic hydroxyl groups excluding tert-OH is 1. The minimum Gasteiger partial charge on any atom is -0.385 e. The minimum absolute atomic E-state index is 0.265. The topological polar surface area (TPSA) is 47.9 Å². The molecule has 1 N–H and O–H groups in total. The van der Waals surface area contributed by atoms with Crippen molar-refractivity contribution in [3.05, 3.63) is 35.9 Å². The third kappa shape index (κ3) is 2.14. The molecule has 0 unspecified atom stereocenters. The Bertz CT molecular complexity index is 399. The summed E-state index contributed by atoms with van der Waals surface area (Å²) in [6, 6.07) is 9.51. The predicted octanol–water partition coefficient (Wildman–Crippen LogP) is 1.03. The molecule has 5 heteroatoms. The number of hydrogen-bond donors (Lipinski definition) is 1.